The molecule has 0 aliphatic heterocycles. The van der Waals surface area contributed by atoms with Gasteiger partial charge in [-0.25, -0.2) is 0 Å². The van der Waals surface area contributed by atoms with Crippen LogP contribution in [0.4, 0.5) is 0 Å². The maximum Gasteiger partial charge on any atom is 0.306 e. The molecule has 2 aliphatic carbocycles. The van der Waals surface area contributed by atoms with Crippen LogP contribution in [-0.4, -0.2) is 34.9 Å². The van der Waals surface area contributed by atoms with Crippen LogP contribution < -0.4 is 0 Å². The molecular formula is C23H34O5. The smallest absolute Gasteiger partial charge is 0.306 e. The molecular weight excluding hydrogens is 356 g/mol. The Hall–Kier alpha value is -1.75. The van der Waals surface area contributed by atoms with Crippen LogP contribution in [-0.2, 0) is 19.1 Å². The fourth-order valence-corrected chi connectivity index (χ4v) is 4.72. The van der Waals surface area contributed by atoms with Crippen LogP contribution in [0.25, 0.3) is 0 Å². The monoisotopic (exact) mass is 390 g/mol. The lowest BCUT2D eigenvalue weighted by atomic mass is 9.56. The van der Waals surface area contributed by atoms with Gasteiger partial charge in [0.25, 0.3) is 0 Å². The average Bonchev–Trinajstić information content (AvgIpc) is 2.66. The Morgan fingerprint density at radius 1 is 1.36 bits per heavy atom. The summed E-state index contributed by atoms with van der Waals surface area (Å²) in [5, 5.41) is 11.3. The van der Waals surface area contributed by atoms with Gasteiger partial charge in [0.15, 0.2) is 11.4 Å². The van der Waals surface area contributed by atoms with Crippen molar-refractivity contribution in [2.45, 2.75) is 83.8 Å². The highest BCUT2D eigenvalue weighted by Crippen LogP contribution is 2.50. The molecule has 156 valence electrons. The van der Waals surface area contributed by atoms with Crippen molar-refractivity contribution in [3.05, 3.63) is 23.8 Å². The second kappa shape index (κ2) is 9.64. The molecule has 0 aromatic rings. The van der Waals surface area contributed by atoms with Crippen molar-refractivity contribution >= 4 is 18.0 Å². The van der Waals surface area contributed by atoms with E-state index in [1.165, 1.54) is 0 Å². The molecule has 0 aromatic carbocycles. The van der Waals surface area contributed by atoms with Crippen molar-refractivity contribution in [3.63, 3.8) is 0 Å². The van der Waals surface area contributed by atoms with E-state index in [2.05, 4.69) is 13.5 Å². The normalized spacial score (nSPS) is 32.3. The lowest BCUT2D eigenvalue weighted by molar-refractivity contribution is -0.172. The van der Waals surface area contributed by atoms with Crippen molar-refractivity contribution in [1.29, 1.82) is 0 Å². The second-order valence-electron chi connectivity index (χ2n) is 8.46. The number of aliphatic hydroxyl groups is 1. The van der Waals surface area contributed by atoms with E-state index >= 15 is 0 Å². The van der Waals surface area contributed by atoms with Gasteiger partial charge in [0.05, 0.1) is 0 Å². The molecule has 1 N–H and O–H groups in total. The van der Waals surface area contributed by atoms with Crippen molar-refractivity contribution in [2.75, 3.05) is 0 Å². The summed E-state index contributed by atoms with van der Waals surface area (Å²) in [6.45, 7) is 9.62. The van der Waals surface area contributed by atoms with Gasteiger partial charge in [-0.1, -0.05) is 52.2 Å². The Kier molecular flexibility index (Phi) is 7.76. The van der Waals surface area contributed by atoms with Gasteiger partial charge < -0.3 is 9.84 Å². The number of unbranched alkanes of at least 4 members (excludes halogenated alkanes) is 4. The van der Waals surface area contributed by atoms with E-state index in [1.807, 2.05) is 19.9 Å². The summed E-state index contributed by atoms with van der Waals surface area (Å²) in [6.07, 6.45) is 8.11. The van der Waals surface area contributed by atoms with Crippen LogP contribution in [0.3, 0.4) is 0 Å². The Labute approximate surface area is 168 Å². The minimum absolute atomic E-state index is 0.0387. The molecule has 1 fully saturated rings. The molecule has 2 aliphatic rings. The Bertz CT molecular complexity index is 649. The average molecular weight is 391 g/mol. The number of carbonyl (C=O) groups is 3. The molecule has 0 spiro atoms. The third-order valence-electron chi connectivity index (χ3n) is 6.47. The zero-order valence-corrected chi connectivity index (χ0v) is 17.4. The van der Waals surface area contributed by atoms with Gasteiger partial charge in [-0.15, -0.1) is 0 Å². The minimum atomic E-state index is -1.97. The first kappa shape index (κ1) is 22.5. The van der Waals surface area contributed by atoms with Crippen molar-refractivity contribution in [2.24, 2.45) is 17.8 Å². The SMILES string of the molecule is C=C(C=O)C1(O)C(=O)CC(C)C2CC=C(C)C(OC(=O)CCCCCCC)C21. The molecule has 0 radical (unpaired) electrons. The molecule has 0 heterocycles. The predicted molar refractivity (Wildman–Crippen MR) is 108 cm³/mol. The second-order valence-corrected chi connectivity index (χ2v) is 8.46. The van der Waals surface area contributed by atoms with Gasteiger partial charge in [-0.05, 0) is 37.2 Å². The molecule has 28 heavy (non-hydrogen) atoms. The van der Waals surface area contributed by atoms with Crippen LogP contribution in [0.1, 0.15) is 72.1 Å². The number of ketones is 1. The van der Waals surface area contributed by atoms with Crippen LogP contribution >= 0.6 is 0 Å². The lowest BCUT2D eigenvalue weighted by Crippen LogP contribution is -2.61. The fraction of sp³-hybridized carbons (Fsp3) is 0.696. The predicted octanol–water partition coefficient (Wildman–Crippen LogP) is 3.94. The molecule has 5 heteroatoms. The first-order valence-electron chi connectivity index (χ1n) is 10.5. The Balaban J connectivity index is 2.21. The van der Waals surface area contributed by atoms with E-state index < -0.39 is 23.4 Å². The van der Waals surface area contributed by atoms with Crippen LogP contribution in [0, 0.1) is 17.8 Å². The molecule has 5 nitrogen and oxygen atoms in total. The number of hydrogen-bond acceptors (Lipinski definition) is 5. The zero-order chi connectivity index (χ0) is 20.9. The fourth-order valence-electron chi connectivity index (χ4n) is 4.72. The zero-order valence-electron chi connectivity index (χ0n) is 17.4. The molecule has 1 saturated carbocycles. The van der Waals surface area contributed by atoms with Crippen molar-refractivity contribution < 1.29 is 24.2 Å². The van der Waals surface area contributed by atoms with Gasteiger partial charge in [0, 0.05) is 24.3 Å². The quantitative estimate of drug-likeness (QED) is 0.212. The summed E-state index contributed by atoms with van der Waals surface area (Å²) in [5.74, 6) is -1.41. The maximum absolute atomic E-state index is 12.8. The van der Waals surface area contributed by atoms with E-state index in [0.29, 0.717) is 19.1 Å². The molecule has 0 amide bonds. The third-order valence-corrected chi connectivity index (χ3v) is 6.47. The van der Waals surface area contributed by atoms with Gasteiger partial charge in [0.1, 0.15) is 12.4 Å². The Morgan fingerprint density at radius 3 is 2.68 bits per heavy atom. The number of hydrogen-bond donors (Lipinski definition) is 1. The highest BCUT2D eigenvalue weighted by atomic mass is 16.5. The summed E-state index contributed by atoms with van der Waals surface area (Å²) in [4.78, 5) is 36.6. The summed E-state index contributed by atoms with van der Waals surface area (Å²) >= 11 is 0. The summed E-state index contributed by atoms with van der Waals surface area (Å²) in [5.41, 5.74) is -1.30. The molecule has 0 aromatic heterocycles. The molecule has 2 rings (SSSR count). The number of esters is 1. The highest BCUT2D eigenvalue weighted by Gasteiger charge is 2.59. The number of rotatable bonds is 9. The van der Waals surface area contributed by atoms with Crippen LogP contribution in [0.2, 0.25) is 0 Å². The van der Waals surface area contributed by atoms with E-state index in [0.717, 1.165) is 37.7 Å². The van der Waals surface area contributed by atoms with Gasteiger partial charge in [-0.3, -0.25) is 14.4 Å². The van der Waals surface area contributed by atoms with Gasteiger partial charge in [0.2, 0.25) is 0 Å². The maximum atomic E-state index is 12.8. The molecule has 5 unspecified atom stereocenters. The standard InChI is InChI=1S/C23H34O5/c1-5-6-7-8-9-10-20(26)28-22-15(2)11-12-18-16(3)13-19(25)23(27,21(18)22)17(4)14-24/h11,14,16,18,21-22,27H,4-10,12-13H2,1-3H3. The highest BCUT2D eigenvalue weighted by molar-refractivity contribution is 5.98. The van der Waals surface area contributed by atoms with Gasteiger partial charge >= 0.3 is 5.97 Å². The lowest BCUT2D eigenvalue weighted by Gasteiger charge is -2.51. The number of allylic oxidation sites excluding steroid dienone is 1. The number of fused-ring (bicyclic) bond motifs is 1. The van der Waals surface area contributed by atoms with E-state index in [1.54, 1.807) is 0 Å². The van der Waals surface area contributed by atoms with E-state index in [4.69, 9.17) is 4.74 Å². The Morgan fingerprint density at radius 2 is 2.04 bits per heavy atom. The third kappa shape index (κ3) is 4.45. The number of ether oxygens (including phenoxy) is 1. The first-order chi connectivity index (χ1) is 13.3. The largest absolute Gasteiger partial charge is 0.457 e. The van der Waals surface area contributed by atoms with Gasteiger partial charge in [-0.2, -0.15) is 0 Å². The molecule has 0 bridgehead atoms. The van der Waals surface area contributed by atoms with Crippen LogP contribution in [0.5, 0.6) is 0 Å². The summed E-state index contributed by atoms with van der Waals surface area (Å²) in [7, 11) is 0. The van der Waals surface area contributed by atoms with E-state index in [-0.39, 0.29) is 29.8 Å². The first-order valence-corrected chi connectivity index (χ1v) is 10.5. The van der Waals surface area contributed by atoms with Crippen molar-refractivity contribution in [1.82, 2.24) is 0 Å². The summed E-state index contributed by atoms with van der Waals surface area (Å²) in [6, 6.07) is 0. The molecule has 0 saturated heterocycles. The van der Waals surface area contributed by atoms with E-state index in [9.17, 15) is 19.5 Å². The summed E-state index contributed by atoms with van der Waals surface area (Å²) < 4.78 is 5.79. The number of carbonyl (C=O) groups excluding carboxylic acids is 3. The number of aldehydes is 1. The topological polar surface area (TPSA) is 80.7 Å². The van der Waals surface area contributed by atoms with Crippen molar-refractivity contribution in [3.8, 4) is 0 Å². The molecule has 5 atom stereocenters. The number of Topliss-reactive ketones (excluding diaryl/α,β-unsaturated/α-hetero) is 1. The minimum Gasteiger partial charge on any atom is -0.457 e. The van der Waals surface area contributed by atoms with Crippen LogP contribution in [0.15, 0.2) is 23.8 Å².